The fourth-order valence-corrected chi connectivity index (χ4v) is 2.76. The van der Waals surface area contributed by atoms with Crippen molar-refractivity contribution in [2.45, 2.75) is 38.6 Å². The van der Waals surface area contributed by atoms with Crippen LogP contribution in [0.2, 0.25) is 0 Å². The van der Waals surface area contributed by atoms with E-state index in [9.17, 15) is 4.79 Å². The van der Waals surface area contributed by atoms with E-state index >= 15 is 0 Å². The molecule has 0 radical (unpaired) electrons. The van der Waals surface area contributed by atoms with Gasteiger partial charge in [-0.05, 0) is 19.5 Å². The van der Waals surface area contributed by atoms with Gasteiger partial charge in [-0.15, -0.1) is 0 Å². The van der Waals surface area contributed by atoms with E-state index in [1.54, 1.807) is 0 Å². The number of benzene rings is 1. The van der Waals surface area contributed by atoms with Gasteiger partial charge in [-0.1, -0.05) is 25.8 Å². The number of methoxy groups -OCH3 is 1. The Labute approximate surface area is 120 Å². The first kappa shape index (κ1) is 14.9. The molecule has 0 aromatic heterocycles. The summed E-state index contributed by atoms with van der Waals surface area (Å²) in [5.74, 6) is 0.594. The average Bonchev–Trinajstić information content (AvgIpc) is 2.96. The maximum Gasteiger partial charge on any atom is 0.338 e. The van der Waals surface area contributed by atoms with Gasteiger partial charge in [0, 0.05) is 23.6 Å². The Bertz CT molecular complexity index is 485. The number of esters is 1. The van der Waals surface area contributed by atoms with E-state index in [1.165, 1.54) is 20.0 Å². The van der Waals surface area contributed by atoms with Crippen molar-refractivity contribution in [1.29, 1.82) is 0 Å². The lowest BCUT2D eigenvalue weighted by molar-refractivity contribution is 0.0599. The van der Waals surface area contributed by atoms with E-state index < -0.39 is 0 Å². The Kier molecular flexibility index (Phi) is 5.01. The Morgan fingerprint density at radius 2 is 2.30 bits per heavy atom. The number of ether oxygens (including phenoxy) is 2. The Morgan fingerprint density at radius 1 is 1.50 bits per heavy atom. The molecule has 0 bridgehead atoms. The molecule has 1 heterocycles. The molecule has 1 N–H and O–H groups in total. The first-order valence-electron chi connectivity index (χ1n) is 7.27. The first-order valence-corrected chi connectivity index (χ1v) is 7.27. The van der Waals surface area contributed by atoms with Crippen LogP contribution in [0.4, 0.5) is 0 Å². The van der Waals surface area contributed by atoms with Gasteiger partial charge in [0.1, 0.15) is 5.75 Å². The lowest BCUT2D eigenvalue weighted by atomic mass is 9.94. The molecule has 0 fully saturated rings. The highest BCUT2D eigenvalue weighted by molar-refractivity contribution is 5.92. The average molecular weight is 277 g/mol. The molecule has 0 amide bonds. The molecule has 1 aliphatic rings. The van der Waals surface area contributed by atoms with Crippen LogP contribution in [-0.2, 0) is 11.2 Å². The zero-order valence-corrected chi connectivity index (χ0v) is 12.5. The molecule has 0 saturated carbocycles. The number of rotatable bonds is 6. The third-order valence-electron chi connectivity index (χ3n) is 3.86. The number of fused-ring (bicyclic) bond motifs is 1. The molecule has 0 saturated heterocycles. The van der Waals surface area contributed by atoms with E-state index in [0.29, 0.717) is 12.2 Å². The second-order valence-electron chi connectivity index (χ2n) is 5.08. The van der Waals surface area contributed by atoms with Crippen LogP contribution in [0.1, 0.15) is 53.7 Å². The minimum atomic E-state index is -0.284. The van der Waals surface area contributed by atoms with Gasteiger partial charge in [0.2, 0.25) is 0 Å². The zero-order chi connectivity index (χ0) is 14.5. The Morgan fingerprint density at radius 3 is 2.95 bits per heavy atom. The normalized spacial score (nSPS) is 14.6. The second kappa shape index (κ2) is 6.75. The third kappa shape index (κ3) is 2.80. The molecule has 1 aromatic carbocycles. The first-order chi connectivity index (χ1) is 9.72. The molecule has 1 unspecified atom stereocenters. The molecule has 0 spiro atoms. The second-order valence-corrected chi connectivity index (χ2v) is 5.08. The number of hydrogen-bond acceptors (Lipinski definition) is 4. The highest BCUT2D eigenvalue weighted by atomic mass is 16.5. The summed E-state index contributed by atoms with van der Waals surface area (Å²) in [6.07, 6.45) is 4.18. The smallest absolute Gasteiger partial charge is 0.338 e. The summed E-state index contributed by atoms with van der Waals surface area (Å²) in [5, 5.41) is 3.35. The standard InChI is InChI=1S/C16H23NO3/c1-4-5-6-14(17-2)13-8-7-12(16(18)19-3)11-9-10-20-15(11)13/h7-8,14,17H,4-6,9-10H2,1-3H3. The SMILES string of the molecule is CCCCC(NC)c1ccc(C(=O)OC)c2c1OCC2. The van der Waals surface area contributed by atoms with Crippen LogP contribution in [0.3, 0.4) is 0 Å². The largest absolute Gasteiger partial charge is 0.493 e. The van der Waals surface area contributed by atoms with Crippen LogP contribution in [0.5, 0.6) is 5.75 Å². The molecule has 20 heavy (non-hydrogen) atoms. The lowest BCUT2D eigenvalue weighted by Gasteiger charge is -2.20. The topological polar surface area (TPSA) is 47.6 Å². The van der Waals surface area contributed by atoms with E-state index in [1.807, 2.05) is 19.2 Å². The number of hydrogen-bond donors (Lipinski definition) is 1. The van der Waals surface area contributed by atoms with Gasteiger partial charge in [0.15, 0.2) is 0 Å². The molecular weight excluding hydrogens is 254 g/mol. The number of nitrogens with one attached hydrogen (secondary N) is 1. The quantitative estimate of drug-likeness (QED) is 0.812. The molecule has 1 aliphatic heterocycles. The molecule has 0 aliphatic carbocycles. The van der Waals surface area contributed by atoms with E-state index in [0.717, 1.165) is 29.7 Å². The molecule has 110 valence electrons. The van der Waals surface area contributed by atoms with Gasteiger partial charge in [-0.3, -0.25) is 0 Å². The van der Waals surface area contributed by atoms with Crippen LogP contribution >= 0.6 is 0 Å². The monoisotopic (exact) mass is 277 g/mol. The molecule has 1 atom stereocenters. The fraction of sp³-hybridized carbons (Fsp3) is 0.562. The summed E-state index contributed by atoms with van der Waals surface area (Å²) in [6.45, 7) is 2.83. The summed E-state index contributed by atoms with van der Waals surface area (Å²) in [5.41, 5.74) is 2.78. The van der Waals surface area contributed by atoms with Crippen molar-refractivity contribution >= 4 is 5.97 Å². The predicted octanol–water partition coefficient (Wildman–Crippen LogP) is 2.86. The molecule has 4 heteroatoms. The van der Waals surface area contributed by atoms with Gasteiger partial charge < -0.3 is 14.8 Å². The molecule has 2 rings (SSSR count). The Hall–Kier alpha value is -1.55. The molecular formula is C16H23NO3. The van der Waals surface area contributed by atoms with Crippen molar-refractivity contribution in [3.8, 4) is 5.75 Å². The van der Waals surface area contributed by atoms with Crippen LogP contribution in [-0.4, -0.2) is 26.7 Å². The molecule has 4 nitrogen and oxygen atoms in total. The predicted molar refractivity (Wildman–Crippen MR) is 78.3 cm³/mol. The van der Waals surface area contributed by atoms with Crippen molar-refractivity contribution in [3.05, 3.63) is 28.8 Å². The van der Waals surface area contributed by atoms with Gasteiger partial charge in [0.05, 0.1) is 19.3 Å². The highest BCUT2D eigenvalue weighted by Gasteiger charge is 2.26. The van der Waals surface area contributed by atoms with Crippen molar-refractivity contribution in [2.75, 3.05) is 20.8 Å². The minimum absolute atomic E-state index is 0.272. The summed E-state index contributed by atoms with van der Waals surface area (Å²) in [7, 11) is 3.38. The summed E-state index contributed by atoms with van der Waals surface area (Å²) in [4.78, 5) is 11.8. The maximum absolute atomic E-state index is 11.8. The zero-order valence-electron chi connectivity index (χ0n) is 12.5. The van der Waals surface area contributed by atoms with Crippen molar-refractivity contribution < 1.29 is 14.3 Å². The number of carbonyl (C=O) groups is 1. The van der Waals surface area contributed by atoms with Crippen LogP contribution < -0.4 is 10.1 Å². The van der Waals surface area contributed by atoms with Gasteiger partial charge in [-0.25, -0.2) is 4.79 Å². The third-order valence-corrected chi connectivity index (χ3v) is 3.86. The van der Waals surface area contributed by atoms with Gasteiger partial charge in [-0.2, -0.15) is 0 Å². The maximum atomic E-state index is 11.8. The fourth-order valence-electron chi connectivity index (χ4n) is 2.76. The van der Waals surface area contributed by atoms with Gasteiger partial charge >= 0.3 is 5.97 Å². The minimum Gasteiger partial charge on any atom is -0.493 e. The molecule has 1 aromatic rings. The van der Waals surface area contributed by atoms with Gasteiger partial charge in [0.25, 0.3) is 0 Å². The van der Waals surface area contributed by atoms with E-state index in [-0.39, 0.29) is 12.0 Å². The van der Waals surface area contributed by atoms with Crippen molar-refractivity contribution in [1.82, 2.24) is 5.32 Å². The van der Waals surface area contributed by atoms with Crippen LogP contribution in [0.25, 0.3) is 0 Å². The lowest BCUT2D eigenvalue weighted by Crippen LogP contribution is -2.17. The highest BCUT2D eigenvalue weighted by Crippen LogP contribution is 2.37. The van der Waals surface area contributed by atoms with Crippen LogP contribution in [0.15, 0.2) is 12.1 Å². The number of carbonyl (C=O) groups excluding carboxylic acids is 1. The number of unbranched alkanes of at least 4 members (excludes halogenated alkanes) is 1. The summed E-state index contributed by atoms with van der Waals surface area (Å²) in [6, 6.07) is 4.13. The van der Waals surface area contributed by atoms with Crippen molar-refractivity contribution in [3.63, 3.8) is 0 Å². The Balaban J connectivity index is 2.36. The summed E-state index contributed by atoms with van der Waals surface area (Å²) < 4.78 is 10.6. The van der Waals surface area contributed by atoms with E-state index in [2.05, 4.69) is 12.2 Å². The van der Waals surface area contributed by atoms with Crippen LogP contribution in [0, 0.1) is 0 Å². The summed E-state index contributed by atoms with van der Waals surface area (Å²) >= 11 is 0. The van der Waals surface area contributed by atoms with Crippen molar-refractivity contribution in [2.24, 2.45) is 0 Å². The van der Waals surface area contributed by atoms with E-state index in [4.69, 9.17) is 9.47 Å².